The van der Waals surface area contributed by atoms with Crippen LogP contribution in [0, 0.1) is 17.2 Å². The first-order chi connectivity index (χ1) is 7.60. The average Bonchev–Trinajstić information content (AvgIpc) is 2.24. The van der Waals surface area contributed by atoms with Crippen molar-refractivity contribution in [2.45, 2.75) is 44.6 Å². The standard InChI is InChI=1S/C13H25N3/c1-12-6-4-7-13(10-12,16(2)3)11-15-9-5-8-14/h12,15H,4-7,9-11H2,1-3H3. The molecular formula is C13H25N3. The molecule has 0 radical (unpaired) electrons. The Balaban J connectivity index is 2.48. The summed E-state index contributed by atoms with van der Waals surface area (Å²) >= 11 is 0. The Bertz CT molecular complexity index is 244. The maximum Gasteiger partial charge on any atom is 0.0635 e. The van der Waals surface area contributed by atoms with Crippen molar-refractivity contribution in [3.05, 3.63) is 0 Å². The molecule has 1 aliphatic carbocycles. The van der Waals surface area contributed by atoms with E-state index in [1.54, 1.807) is 0 Å². The third-order valence-electron chi connectivity index (χ3n) is 3.88. The van der Waals surface area contributed by atoms with Crippen LogP contribution in [0.5, 0.6) is 0 Å². The smallest absolute Gasteiger partial charge is 0.0635 e. The third kappa shape index (κ3) is 3.47. The van der Waals surface area contributed by atoms with E-state index < -0.39 is 0 Å². The molecule has 3 heteroatoms. The molecule has 0 aromatic heterocycles. The Morgan fingerprint density at radius 1 is 1.50 bits per heavy atom. The molecule has 1 fully saturated rings. The summed E-state index contributed by atoms with van der Waals surface area (Å²) in [7, 11) is 4.37. The highest BCUT2D eigenvalue weighted by atomic mass is 15.2. The van der Waals surface area contributed by atoms with Gasteiger partial charge in [-0.15, -0.1) is 0 Å². The van der Waals surface area contributed by atoms with E-state index in [0.29, 0.717) is 12.0 Å². The molecule has 0 amide bonds. The van der Waals surface area contributed by atoms with Gasteiger partial charge in [0.1, 0.15) is 0 Å². The zero-order chi connectivity index (χ0) is 12.0. The zero-order valence-corrected chi connectivity index (χ0v) is 10.9. The van der Waals surface area contributed by atoms with E-state index in [1.165, 1.54) is 25.7 Å². The Morgan fingerprint density at radius 3 is 2.81 bits per heavy atom. The Hall–Kier alpha value is -0.590. The van der Waals surface area contributed by atoms with Crippen molar-refractivity contribution in [3.8, 4) is 6.07 Å². The fourth-order valence-corrected chi connectivity index (χ4v) is 2.82. The van der Waals surface area contributed by atoms with Crippen LogP contribution in [0.2, 0.25) is 0 Å². The van der Waals surface area contributed by atoms with Gasteiger partial charge in [-0.2, -0.15) is 5.26 Å². The predicted molar refractivity (Wildman–Crippen MR) is 67.1 cm³/mol. The summed E-state index contributed by atoms with van der Waals surface area (Å²) in [5, 5.41) is 12.0. The van der Waals surface area contributed by atoms with Crippen molar-refractivity contribution < 1.29 is 0 Å². The molecule has 92 valence electrons. The fraction of sp³-hybridized carbons (Fsp3) is 0.923. The lowest BCUT2D eigenvalue weighted by molar-refractivity contribution is 0.0756. The van der Waals surface area contributed by atoms with Crippen LogP contribution >= 0.6 is 0 Å². The molecule has 2 unspecified atom stereocenters. The molecule has 2 atom stereocenters. The third-order valence-corrected chi connectivity index (χ3v) is 3.88. The summed E-state index contributed by atoms with van der Waals surface area (Å²) in [6.45, 7) is 4.19. The van der Waals surface area contributed by atoms with Crippen molar-refractivity contribution in [3.63, 3.8) is 0 Å². The average molecular weight is 223 g/mol. The molecule has 16 heavy (non-hydrogen) atoms. The Kier molecular flexibility index (Phi) is 5.24. The molecule has 0 spiro atoms. The monoisotopic (exact) mass is 223 g/mol. The summed E-state index contributed by atoms with van der Waals surface area (Å²) in [5.74, 6) is 0.828. The van der Waals surface area contributed by atoms with E-state index in [9.17, 15) is 0 Å². The lowest BCUT2D eigenvalue weighted by atomic mass is 9.75. The van der Waals surface area contributed by atoms with Crippen LogP contribution < -0.4 is 5.32 Å². The van der Waals surface area contributed by atoms with Crippen LogP contribution in [0.15, 0.2) is 0 Å². The second kappa shape index (κ2) is 6.22. The van der Waals surface area contributed by atoms with E-state index in [2.05, 4.69) is 37.3 Å². The number of hydrogen-bond donors (Lipinski definition) is 1. The van der Waals surface area contributed by atoms with E-state index >= 15 is 0 Å². The highest BCUT2D eigenvalue weighted by molar-refractivity contribution is 4.94. The normalized spacial score (nSPS) is 30.3. The van der Waals surface area contributed by atoms with Gasteiger partial charge in [0.15, 0.2) is 0 Å². The Labute approximate surface area is 99.8 Å². The first kappa shape index (κ1) is 13.5. The van der Waals surface area contributed by atoms with Crippen molar-refractivity contribution in [2.75, 3.05) is 27.2 Å². The van der Waals surface area contributed by atoms with Gasteiger partial charge in [0.05, 0.1) is 6.07 Å². The van der Waals surface area contributed by atoms with Gasteiger partial charge in [-0.05, 0) is 32.9 Å². The van der Waals surface area contributed by atoms with Gasteiger partial charge < -0.3 is 10.2 Å². The summed E-state index contributed by atoms with van der Waals surface area (Å²) < 4.78 is 0. The van der Waals surface area contributed by atoms with Crippen LogP contribution in [0.4, 0.5) is 0 Å². The number of nitrogens with zero attached hydrogens (tertiary/aromatic N) is 2. The lowest BCUT2D eigenvalue weighted by Gasteiger charge is -2.45. The fourth-order valence-electron chi connectivity index (χ4n) is 2.82. The van der Waals surface area contributed by atoms with Crippen molar-refractivity contribution in [1.82, 2.24) is 10.2 Å². The second-order valence-electron chi connectivity index (χ2n) is 5.41. The number of likely N-dealkylation sites (N-methyl/N-ethyl adjacent to an activating group) is 1. The van der Waals surface area contributed by atoms with Gasteiger partial charge in [0, 0.05) is 25.0 Å². The van der Waals surface area contributed by atoms with Crippen LogP contribution in [0.1, 0.15) is 39.0 Å². The number of hydrogen-bond acceptors (Lipinski definition) is 3. The molecule has 0 aromatic carbocycles. The highest BCUT2D eigenvalue weighted by Gasteiger charge is 2.36. The molecule has 0 aromatic rings. The van der Waals surface area contributed by atoms with Crippen molar-refractivity contribution in [2.24, 2.45) is 5.92 Å². The summed E-state index contributed by atoms with van der Waals surface area (Å²) in [6, 6.07) is 2.18. The van der Waals surface area contributed by atoms with E-state index in [0.717, 1.165) is 19.0 Å². The van der Waals surface area contributed by atoms with Crippen LogP contribution in [0.3, 0.4) is 0 Å². The molecule has 0 heterocycles. The maximum absolute atomic E-state index is 8.52. The molecule has 0 aliphatic heterocycles. The number of rotatable bonds is 5. The first-order valence-corrected chi connectivity index (χ1v) is 6.36. The van der Waals surface area contributed by atoms with Crippen LogP contribution in [-0.2, 0) is 0 Å². The first-order valence-electron chi connectivity index (χ1n) is 6.36. The predicted octanol–water partition coefficient (Wildman–Crippen LogP) is 2.00. The van der Waals surface area contributed by atoms with Gasteiger partial charge in [-0.1, -0.05) is 19.8 Å². The largest absolute Gasteiger partial charge is 0.314 e. The number of nitriles is 1. The summed E-state index contributed by atoms with van der Waals surface area (Å²) in [6.07, 6.45) is 5.87. The molecule has 1 N–H and O–H groups in total. The van der Waals surface area contributed by atoms with Gasteiger partial charge in [0.2, 0.25) is 0 Å². The molecule has 0 saturated heterocycles. The van der Waals surface area contributed by atoms with Gasteiger partial charge in [-0.25, -0.2) is 0 Å². The minimum atomic E-state index is 0.313. The van der Waals surface area contributed by atoms with Crippen molar-refractivity contribution >= 4 is 0 Å². The minimum absolute atomic E-state index is 0.313. The summed E-state index contributed by atoms with van der Waals surface area (Å²) in [4.78, 5) is 2.38. The second-order valence-corrected chi connectivity index (χ2v) is 5.41. The quantitative estimate of drug-likeness (QED) is 0.725. The maximum atomic E-state index is 8.52. The number of nitrogens with one attached hydrogen (secondary N) is 1. The molecule has 1 aliphatic rings. The lowest BCUT2D eigenvalue weighted by Crippen LogP contribution is -2.54. The van der Waals surface area contributed by atoms with Gasteiger partial charge in [0.25, 0.3) is 0 Å². The van der Waals surface area contributed by atoms with Gasteiger partial charge in [-0.3, -0.25) is 0 Å². The van der Waals surface area contributed by atoms with Gasteiger partial charge >= 0.3 is 0 Å². The van der Waals surface area contributed by atoms with Crippen LogP contribution in [-0.4, -0.2) is 37.6 Å². The zero-order valence-electron chi connectivity index (χ0n) is 10.9. The molecular weight excluding hydrogens is 198 g/mol. The molecule has 0 bridgehead atoms. The molecule has 1 saturated carbocycles. The highest BCUT2D eigenvalue weighted by Crippen LogP contribution is 2.35. The van der Waals surface area contributed by atoms with E-state index in [-0.39, 0.29) is 0 Å². The molecule has 1 rings (SSSR count). The SMILES string of the molecule is CC1CCCC(CNCCC#N)(N(C)C)C1. The van der Waals surface area contributed by atoms with E-state index in [4.69, 9.17) is 5.26 Å². The van der Waals surface area contributed by atoms with Crippen LogP contribution in [0.25, 0.3) is 0 Å². The minimum Gasteiger partial charge on any atom is -0.314 e. The van der Waals surface area contributed by atoms with Crippen molar-refractivity contribution in [1.29, 1.82) is 5.26 Å². The molecule has 3 nitrogen and oxygen atoms in total. The summed E-state index contributed by atoms with van der Waals surface area (Å²) in [5.41, 5.74) is 0.313. The topological polar surface area (TPSA) is 39.1 Å². The Morgan fingerprint density at radius 2 is 2.25 bits per heavy atom. The van der Waals surface area contributed by atoms with E-state index in [1.807, 2.05) is 0 Å².